The predicted octanol–water partition coefficient (Wildman–Crippen LogP) is 3.82. The van der Waals surface area contributed by atoms with Crippen molar-refractivity contribution in [3.8, 4) is 5.75 Å². The standard InChI is InChI=1S/C13H18ClNO2S/c1-13(2,3)18-8-12(16)15-9-5-6-11(17-4)10(14)7-9/h5-7H,8H2,1-4H3,(H,15,16). The van der Waals surface area contributed by atoms with Gasteiger partial charge in [-0.05, 0) is 18.2 Å². The summed E-state index contributed by atoms with van der Waals surface area (Å²) in [4.78, 5) is 11.7. The highest BCUT2D eigenvalue weighted by atomic mass is 35.5. The minimum atomic E-state index is -0.0313. The zero-order valence-electron chi connectivity index (χ0n) is 11.0. The number of nitrogens with one attached hydrogen (secondary N) is 1. The van der Waals surface area contributed by atoms with Crippen LogP contribution >= 0.6 is 23.4 Å². The molecule has 0 saturated heterocycles. The summed E-state index contributed by atoms with van der Waals surface area (Å²) in [6, 6.07) is 5.18. The first-order valence-electron chi connectivity index (χ1n) is 5.59. The second-order valence-electron chi connectivity index (χ2n) is 4.80. The van der Waals surface area contributed by atoms with Crippen molar-refractivity contribution in [2.75, 3.05) is 18.2 Å². The number of amides is 1. The van der Waals surface area contributed by atoms with Crippen molar-refractivity contribution < 1.29 is 9.53 Å². The van der Waals surface area contributed by atoms with E-state index in [4.69, 9.17) is 16.3 Å². The van der Waals surface area contributed by atoms with Crippen LogP contribution in [0, 0.1) is 0 Å². The van der Waals surface area contributed by atoms with E-state index in [0.29, 0.717) is 22.2 Å². The van der Waals surface area contributed by atoms with Crippen LogP contribution in [0.4, 0.5) is 5.69 Å². The molecule has 0 spiro atoms. The van der Waals surface area contributed by atoms with Crippen molar-refractivity contribution in [2.45, 2.75) is 25.5 Å². The maximum atomic E-state index is 11.7. The lowest BCUT2D eigenvalue weighted by Gasteiger charge is -2.17. The summed E-state index contributed by atoms with van der Waals surface area (Å²) in [5, 5.41) is 3.29. The van der Waals surface area contributed by atoms with Crippen LogP contribution in [0.2, 0.25) is 5.02 Å². The summed E-state index contributed by atoms with van der Waals surface area (Å²) in [5.41, 5.74) is 0.681. The third-order valence-corrected chi connectivity index (χ3v) is 3.64. The van der Waals surface area contributed by atoms with Gasteiger partial charge in [-0.2, -0.15) is 0 Å². The van der Waals surface area contributed by atoms with Crippen LogP contribution in [0.3, 0.4) is 0 Å². The number of hydrogen-bond acceptors (Lipinski definition) is 3. The molecular weight excluding hydrogens is 270 g/mol. The number of methoxy groups -OCH3 is 1. The molecule has 0 saturated carbocycles. The average molecular weight is 288 g/mol. The van der Waals surface area contributed by atoms with E-state index in [1.807, 2.05) is 0 Å². The Labute approximate surface area is 117 Å². The number of benzene rings is 1. The zero-order chi connectivity index (χ0) is 13.8. The Hall–Kier alpha value is -0.870. The molecule has 18 heavy (non-hydrogen) atoms. The second-order valence-corrected chi connectivity index (χ2v) is 7.01. The fourth-order valence-electron chi connectivity index (χ4n) is 1.22. The molecule has 1 amide bonds. The molecule has 0 fully saturated rings. The predicted molar refractivity (Wildman–Crippen MR) is 78.8 cm³/mol. The highest BCUT2D eigenvalue weighted by Crippen LogP contribution is 2.27. The van der Waals surface area contributed by atoms with Crippen LogP contribution in [0.15, 0.2) is 18.2 Å². The molecule has 3 nitrogen and oxygen atoms in total. The van der Waals surface area contributed by atoms with Gasteiger partial charge < -0.3 is 10.1 Å². The van der Waals surface area contributed by atoms with Gasteiger partial charge in [0.15, 0.2) is 0 Å². The molecule has 100 valence electrons. The number of rotatable bonds is 4. The molecular formula is C13H18ClNO2S. The molecule has 0 unspecified atom stereocenters. The first-order chi connectivity index (χ1) is 8.31. The molecule has 1 aromatic carbocycles. The van der Waals surface area contributed by atoms with Gasteiger partial charge in [0.1, 0.15) is 5.75 Å². The maximum absolute atomic E-state index is 11.7. The Bertz CT molecular complexity index is 429. The summed E-state index contributed by atoms with van der Waals surface area (Å²) in [7, 11) is 1.55. The van der Waals surface area contributed by atoms with Gasteiger partial charge in [0.05, 0.1) is 17.9 Å². The summed E-state index contributed by atoms with van der Waals surface area (Å²) in [6.07, 6.45) is 0. The van der Waals surface area contributed by atoms with Crippen molar-refractivity contribution in [2.24, 2.45) is 0 Å². The lowest BCUT2D eigenvalue weighted by molar-refractivity contribution is -0.113. The van der Waals surface area contributed by atoms with Gasteiger partial charge in [-0.1, -0.05) is 32.4 Å². The fraction of sp³-hybridized carbons (Fsp3) is 0.462. The van der Waals surface area contributed by atoms with E-state index in [0.717, 1.165) is 0 Å². The average Bonchev–Trinajstić information content (AvgIpc) is 2.26. The normalized spacial score (nSPS) is 11.2. The topological polar surface area (TPSA) is 38.3 Å². The number of carbonyl (C=O) groups is 1. The van der Waals surface area contributed by atoms with Gasteiger partial charge in [-0.15, -0.1) is 11.8 Å². The number of thioether (sulfide) groups is 1. The summed E-state index contributed by atoms with van der Waals surface area (Å²) in [6.45, 7) is 6.24. The number of ether oxygens (including phenoxy) is 1. The molecule has 0 bridgehead atoms. The Morgan fingerprint density at radius 3 is 2.61 bits per heavy atom. The third kappa shape index (κ3) is 5.19. The van der Waals surface area contributed by atoms with Crippen molar-refractivity contribution in [1.29, 1.82) is 0 Å². The van der Waals surface area contributed by atoms with Crippen molar-refractivity contribution in [1.82, 2.24) is 0 Å². The summed E-state index contributed by atoms with van der Waals surface area (Å²) >= 11 is 7.58. The molecule has 0 atom stereocenters. The monoisotopic (exact) mass is 287 g/mol. The zero-order valence-corrected chi connectivity index (χ0v) is 12.6. The molecule has 5 heteroatoms. The minimum Gasteiger partial charge on any atom is -0.495 e. The van der Waals surface area contributed by atoms with Gasteiger partial charge >= 0.3 is 0 Å². The smallest absolute Gasteiger partial charge is 0.234 e. The van der Waals surface area contributed by atoms with Gasteiger partial charge in [0.2, 0.25) is 5.91 Å². The SMILES string of the molecule is COc1ccc(NC(=O)CSC(C)(C)C)cc1Cl. The number of anilines is 1. The Balaban J connectivity index is 2.57. The Morgan fingerprint density at radius 2 is 2.11 bits per heavy atom. The Kier molecular flexibility index (Phi) is 5.35. The first kappa shape index (κ1) is 15.2. The minimum absolute atomic E-state index is 0.0313. The molecule has 1 aromatic rings. The van der Waals surface area contributed by atoms with Gasteiger partial charge in [0.25, 0.3) is 0 Å². The maximum Gasteiger partial charge on any atom is 0.234 e. The quantitative estimate of drug-likeness (QED) is 0.915. The van der Waals surface area contributed by atoms with Crippen LogP contribution in [-0.2, 0) is 4.79 Å². The van der Waals surface area contributed by atoms with Crippen molar-refractivity contribution >= 4 is 35.0 Å². The van der Waals surface area contributed by atoms with Crippen LogP contribution in [-0.4, -0.2) is 23.5 Å². The van der Waals surface area contributed by atoms with Crippen LogP contribution in [0.1, 0.15) is 20.8 Å². The third-order valence-electron chi connectivity index (χ3n) is 2.07. The Morgan fingerprint density at radius 1 is 1.44 bits per heavy atom. The molecule has 0 aliphatic carbocycles. The molecule has 0 aliphatic heterocycles. The second kappa shape index (κ2) is 6.34. The number of hydrogen-bond donors (Lipinski definition) is 1. The molecule has 0 aliphatic rings. The van der Waals surface area contributed by atoms with Gasteiger partial charge in [-0.25, -0.2) is 0 Å². The molecule has 0 heterocycles. The molecule has 1 N–H and O–H groups in total. The van der Waals surface area contributed by atoms with E-state index in [1.54, 1.807) is 37.1 Å². The lowest BCUT2D eigenvalue weighted by atomic mass is 10.3. The summed E-state index contributed by atoms with van der Waals surface area (Å²) < 4.78 is 5.13. The van der Waals surface area contributed by atoms with E-state index in [9.17, 15) is 4.79 Å². The van der Waals surface area contributed by atoms with Gasteiger partial charge in [0, 0.05) is 10.4 Å². The molecule has 0 radical (unpaired) electrons. The molecule has 1 rings (SSSR count). The van der Waals surface area contributed by atoms with Crippen molar-refractivity contribution in [3.63, 3.8) is 0 Å². The highest BCUT2D eigenvalue weighted by Gasteiger charge is 2.13. The van der Waals surface area contributed by atoms with E-state index < -0.39 is 0 Å². The molecule has 0 aromatic heterocycles. The number of halogens is 1. The van der Waals surface area contributed by atoms with Crippen molar-refractivity contribution in [3.05, 3.63) is 23.2 Å². The van der Waals surface area contributed by atoms with Crippen LogP contribution < -0.4 is 10.1 Å². The van der Waals surface area contributed by atoms with E-state index in [2.05, 4.69) is 26.1 Å². The van der Waals surface area contributed by atoms with Crippen LogP contribution in [0.5, 0.6) is 5.75 Å². The van der Waals surface area contributed by atoms with E-state index in [-0.39, 0.29) is 10.7 Å². The first-order valence-corrected chi connectivity index (χ1v) is 6.95. The summed E-state index contributed by atoms with van der Waals surface area (Å²) in [5.74, 6) is 0.988. The fourth-order valence-corrected chi connectivity index (χ4v) is 2.12. The van der Waals surface area contributed by atoms with E-state index >= 15 is 0 Å². The lowest BCUT2D eigenvalue weighted by Crippen LogP contribution is -2.18. The number of carbonyl (C=O) groups excluding carboxylic acids is 1. The van der Waals surface area contributed by atoms with E-state index in [1.165, 1.54) is 0 Å². The largest absolute Gasteiger partial charge is 0.495 e. The van der Waals surface area contributed by atoms with Gasteiger partial charge in [-0.3, -0.25) is 4.79 Å². The highest BCUT2D eigenvalue weighted by molar-refractivity contribution is 8.01. The van der Waals surface area contributed by atoms with Crippen LogP contribution in [0.25, 0.3) is 0 Å².